The van der Waals surface area contributed by atoms with E-state index < -0.39 is 0 Å². The van der Waals surface area contributed by atoms with Crippen LogP contribution in [-0.2, 0) is 16.0 Å². The Labute approximate surface area is 132 Å². The fraction of sp³-hybridized carbons (Fsp3) is 0.611. The lowest BCUT2D eigenvalue weighted by Gasteiger charge is -2.17. The van der Waals surface area contributed by atoms with Crippen molar-refractivity contribution in [3.05, 3.63) is 29.8 Å². The molecule has 0 N–H and O–H groups in total. The lowest BCUT2D eigenvalue weighted by molar-refractivity contribution is -0.130. The Hall–Kier alpha value is -1.55. The average Bonchev–Trinajstić information content (AvgIpc) is 3.27. The van der Waals surface area contributed by atoms with E-state index in [-0.39, 0.29) is 12.0 Å². The molecule has 1 aliphatic carbocycles. The van der Waals surface area contributed by atoms with Crippen LogP contribution < -0.4 is 4.74 Å². The molecule has 1 unspecified atom stereocenters. The van der Waals surface area contributed by atoms with Crippen molar-refractivity contribution in [2.24, 2.45) is 5.92 Å². The van der Waals surface area contributed by atoms with E-state index in [9.17, 15) is 4.79 Å². The molecule has 0 aromatic heterocycles. The predicted molar refractivity (Wildman–Crippen MR) is 85.0 cm³/mol. The van der Waals surface area contributed by atoms with Crippen LogP contribution in [0, 0.1) is 5.92 Å². The minimum atomic E-state index is 0.236. The molecule has 2 fully saturated rings. The topological polar surface area (TPSA) is 38.8 Å². The van der Waals surface area contributed by atoms with Crippen molar-refractivity contribution in [1.82, 2.24) is 4.90 Å². The third kappa shape index (κ3) is 4.23. The first-order valence-electron chi connectivity index (χ1n) is 8.27. The van der Waals surface area contributed by atoms with Crippen molar-refractivity contribution < 1.29 is 14.3 Å². The third-order valence-electron chi connectivity index (χ3n) is 4.52. The van der Waals surface area contributed by atoms with E-state index in [0.717, 1.165) is 49.8 Å². The Bertz CT molecular complexity index is 513. The quantitative estimate of drug-likeness (QED) is 0.777. The molecule has 1 heterocycles. The number of ether oxygens (including phenoxy) is 2. The highest BCUT2D eigenvalue weighted by atomic mass is 16.5. The zero-order chi connectivity index (χ0) is 15.4. The zero-order valence-corrected chi connectivity index (χ0v) is 13.3. The van der Waals surface area contributed by atoms with Crippen molar-refractivity contribution >= 4 is 5.91 Å². The van der Waals surface area contributed by atoms with Crippen LogP contribution in [0.4, 0.5) is 0 Å². The molecule has 1 saturated carbocycles. The summed E-state index contributed by atoms with van der Waals surface area (Å²) in [5, 5.41) is 0. The summed E-state index contributed by atoms with van der Waals surface area (Å²) in [5.41, 5.74) is 1.15. The highest BCUT2D eigenvalue weighted by Crippen LogP contribution is 2.30. The standard InChI is InChI=1S/C18H25NO3/c1-21-16-4-2-3-14(11-16)7-8-18(20)19-10-9-17(12-19)22-13-15-5-6-15/h2-4,11,15,17H,5-10,12-13H2,1H3. The van der Waals surface area contributed by atoms with Gasteiger partial charge in [0.25, 0.3) is 0 Å². The maximum Gasteiger partial charge on any atom is 0.222 e. The van der Waals surface area contributed by atoms with Gasteiger partial charge in [-0.3, -0.25) is 4.79 Å². The summed E-state index contributed by atoms with van der Waals surface area (Å²) in [4.78, 5) is 14.3. The number of benzene rings is 1. The number of carbonyl (C=O) groups is 1. The summed E-state index contributed by atoms with van der Waals surface area (Å²) < 4.78 is 11.1. The first kappa shape index (κ1) is 15.3. The van der Waals surface area contributed by atoms with E-state index in [1.807, 2.05) is 29.2 Å². The first-order valence-corrected chi connectivity index (χ1v) is 8.27. The highest BCUT2D eigenvalue weighted by molar-refractivity contribution is 5.76. The molecular weight excluding hydrogens is 278 g/mol. The molecule has 1 atom stereocenters. The number of hydrogen-bond acceptors (Lipinski definition) is 3. The summed E-state index contributed by atoms with van der Waals surface area (Å²) >= 11 is 0. The number of nitrogens with zero attached hydrogens (tertiary/aromatic N) is 1. The van der Waals surface area contributed by atoms with Crippen LogP contribution in [0.5, 0.6) is 5.75 Å². The molecule has 22 heavy (non-hydrogen) atoms. The SMILES string of the molecule is COc1cccc(CCC(=O)N2CCC(OCC3CC3)C2)c1. The van der Waals surface area contributed by atoms with E-state index in [2.05, 4.69) is 0 Å². The van der Waals surface area contributed by atoms with Crippen LogP contribution in [0.3, 0.4) is 0 Å². The van der Waals surface area contributed by atoms with Gasteiger partial charge in [0.2, 0.25) is 5.91 Å². The molecule has 1 aliphatic heterocycles. The second-order valence-corrected chi connectivity index (χ2v) is 6.38. The molecule has 4 nitrogen and oxygen atoms in total. The number of hydrogen-bond donors (Lipinski definition) is 0. The van der Waals surface area contributed by atoms with Gasteiger partial charge in [-0.25, -0.2) is 0 Å². The van der Waals surface area contributed by atoms with Crippen LogP contribution >= 0.6 is 0 Å². The Balaban J connectivity index is 1.41. The highest BCUT2D eigenvalue weighted by Gasteiger charge is 2.29. The van der Waals surface area contributed by atoms with Crippen molar-refractivity contribution in [3.8, 4) is 5.75 Å². The molecule has 3 rings (SSSR count). The van der Waals surface area contributed by atoms with Gasteiger partial charge in [-0.15, -0.1) is 0 Å². The Morgan fingerprint density at radius 3 is 2.95 bits per heavy atom. The van der Waals surface area contributed by atoms with Crippen molar-refractivity contribution in [2.45, 2.75) is 38.2 Å². The van der Waals surface area contributed by atoms with E-state index in [1.165, 1.54) is 12.8 Å². The smallest absolute Gasteiger partial charge is 0.222 e. The van der Waals surface area contributed by atoms with Gasteiger partial charge in [-0.1, -0.05) is 12.1 Å². The van der Waals surface area contributed by atoms with Crippen molar-refractivity contribution in [1.29, 1.82) is 0 Å². The molecule has 0 radical (unpaired) electrons. The number of aryl methyl sites for hydroxylation is 1. The van der Waals surface area contributed by atoms with Crippen LogP contribution in [0.25, 0.3) is 0 Å². The third-order valence-corrected chi connectivity index (χ3v) is 4.52. The average molecular weight is 303 g/mol. The number of likely N-dealkylation sites (tertiary alicyclic amines) is 1. The van der Waals surface area contributed by atoms with E-state index in [0.29, 0.717) is 6.42 Å². The molecule has 0 bridgehead atoms. The first-order chi connectivity index (χ1) is 10.7. The van der Waals surface area contributed by atoms with Gasteiger partial charge in [-0.2, -0.15) is 0 Å². The molecule has 1 saturated heterocycles. The van der Waals surface area contributed by atoms with Gasteiger partial charge in [0.15, 0.2) is 0 Å². The molecule has 4 heteroatoms. The Kier molecular flexibility index (Phi) is 4.98. The molecular formula is C18H25NO3. The normalized spacial score (nSPS) is 21.1. The van der Waals surface area contributed by atoms with Crippen LogP contribution in [0.2, 0.25) is 0 Å². The monoisotopic (exact) mass is 303 g/mol. The zero-order valence-electron chi connectivity index (χ0n) is 13.3. The minimum Gasteiger partial charge on any atom is -0.497 e. The van der Waals surface area contributed by atoms with Crippen LogP contribution in [0.1, 0.15) is 31.2 Å². The summed E-state index contributed by atoms with van der Waals surface area (Å²) in [7, 11) is 1.66. The maximum atomic E-state index is 12.3. The molecule has 1 aromatic carbocycles. The predicted octanol–water partition coefficient (Wildman–Crippen LogP) is 2.66. The number of methoxy groups -OCH3 is 1. The van der Waals surface area contributed by atoms with Crippen LogP contribution in [0.15, 0.2) is 24.3 Å². The van der Waals surface area contributed by atoms with Gasteiger partial charge < -0.3 is 14.4 Å². The van der Waals surface area contributed by atoms with Gasteiger partial charge in [0.05, 0.1) is 13.2 Å². The van der Waals surface area contributed by atoms with E-state index >= 15 is 0 Å². The minimum absolute atomic E-state index is 0.236. The fourth-order valence-corrected chi connectivity index (χ4v) is 2.88. The number of amides is 1. The summed E-state index contributed by atoms with van der Waals surface area (Å²) in [6.07, 6.45) is 5.19. The number of rotatable bonds is 7. The Morgan fingerprint density at radius 1 is 1.32 bits per heavy atom. The summed E-state index contributed by atoms with van der Waals surface area (Å²) in [6.45, 7) is 2.49. The maximum absolute atomic E-state index is 12.3. The largest absolute Gasteiger partial charge is 0.497 e. The molecule has 0 spiro atoms. The van der Waals surface area contributed by atoms with Gasteiger partial charge >= 0.3 is 0 Å². The lowest BCUT2D eigenvalue weighted by atomic mass is 10.1. The van der Waals surface area contributed by atoms with Gasteiger partial charge in [-0.05, 0) is 49.3 Å². The summed E-state index contributed by atoms with van der Waals surface area (Å²) in [5.74, 6) is 1.87. The van der Waals surface area contributed by atoms with Gasteiger partial charge in [0.1, 0.15) is 5.75 Å². The molecule has 1 aromatic rings. The fourth-order valence-electron chi connectivity index (χ4n) is 2.88. The summed E-state index contributed by atoms with van der Waals surface area (Å²) in [6, 6.07) is 7.93. The van der Waals surface area contributed by atoms with Gasteiger partial charge in [0, 0.05) is 26.1 Å². The second-order valence-electron chi connectivity index (χ2n) is 6.38. The van der Waals surface area contributed by atoms with Crippen molar-refractivity contribution in [2.75, 3.05) is 26.8 Å². The lowest BCUT2D eigenvalue weighted by Crippen LogP contribution is -2.30. The Morgan fingerprint density at radius 2 is 2.18 bits per heavy atom. The number of carbonyl (C=O) groups excluding carboxylic acids is 1. The molecule has 120 valence electrons. The van der Waals surface area contributed by atoms with E-state index in [4.69, 9.17) is 9.47 Å². The van der Waals surface area contributed by atoms with Crippen LogP contribution in [-0.4, -0.2) is 43.7 Å². The second kappa shape index (κ2) is 7.14. The van der Waals surface area contributed by atoms with E-state index in [1.54, 1.807) is 7.11 Å². The molecule has 2 aliphatic rings. The molecule has 1 amide bonds. The van der Waals surface area contributed by atoms with Crippen molar-refractivity contribution in [3.63, 3.8) is 0 Å².